The lowest BCUT2D eigenvalue weighted by Crippen LogP contribution is -2.26. The number of hydrogen-bond donors (Lipinski definition) is 2. The molecule has 0 saturated heterocycles. The summed E-state index contributed by atoms with van der Waals surface area (Å²) in [4.78, 5) is 12.3. The molecule has 22 heavy (non-hydrogen) atoms. The number of rotatable bonds is 6. The molecule has 0 aromatic heterocycles. The van der Waals surface area contributed by atoms with Crippen LogP contribution in [0.15, 0.2) is 34.4 Å². The Morgan fingerprint density at radius 2 is 1.77 bits per heavy atom. The number of carbonyl (C=O) groups is 1. The molecule has 122 valence electrons. The van der Waals surface area contributed by atoms with Crippen LogP contribution < -0.4 is 0 Å². The number of aliphatic hydroxyl groups is 1. The number of allylic oxidation sites excluding steroid dienone is 5. The Labute approximate surface area is 129 Å². The van der Waals surface area contributed by atoms with Crippen LogP contribution >= 0.6 is 0 Å². The first kappa shape index (κ1) is 18.4. The Morgan fingerprint density at radius 1 is 1.18 bits per heavy atom. The molecule has 1 rings (SSSR count). The van der Waals surface area contributed by atoms with E-state index in [2.05, 4.69) is 0 Å². The van der Waals surface area contributed by atoms with Crippen LogP contribution in [0.5, 0.6) is 0 Å². The summed E-state index contributed by atoms with van der Waals surface area (Å²) in [6.45, 7) is 6.77. The lowest BCUT2D eigenvalue weighted by molar-refractivity contribution is -0.112. The van der Waals surface area contributed by atoms with Crippen LogP contribution in [-0.2, 0) is 4.79 Å². The normalized spacial score (nSPS) is 18.7. The number of carbonyl (C=O) groups excluding carboxylic acids is 1. The molecule has 1 aliphatic carbocycles. The minimum absolute atomic E-state index is 0.0866. The second-order valence-corrected chi connectivity index (χ2v) is 6.09. The van der Waals surface area contributed by atoms with E-state index in [9.17, 15) is 18.7 Å². The summed E-state index contributed by atoms with van der Waals surface area (Å²) in [6.07, 6.45) is -0.0251. The third kappa shape index (κ3) is 4.44. The summed E-state index contributed by atoms with van der Waals surface area (Å²) in [5, 5.41) is 18.3. The zero-order chi connectivity index (χ0) is 17.1. The maximum Gasteiger partial charge on any atom is 0.266 e. The van der Waals surface area contributed by atoms with E-state index in [-0.39, 0.29) is 18.6 Å². The van der Waals surface area contributed by atoms with Crippen molar-refractivity contribution in [1.82, 2.24) is 0 Å². The Morgan fingerprint density at radius 3 is 2.32 bits per heavy atom. The third-order valence-electron chi connectivity index (χ3n) is 4.27. The van der Waals surface area contributed by atoms with E-state index >= 15 is 0 Å². The van der Waals surface area contributed by atoms with Gasteiger partial charge in [0.1, 0.15) is 0 Å². The van der Waals surface area contributed by atoms with Crippen molar-refractivity contribution in [1.29, 1.82) is 5.41 Å². The highest BCUT2D eigenvalue weighted by Gasteiger charge is 2.28. The maximum absolute atomic E-state index is 12.3. The monoisotopic (exact) mass is 311 g/mol. The highest BCUT2D eigenvalue weighted by atomic mass is 19.3. The van der Waals surface area contributed by atoms with Crippen LogP contribution in [0.1, 0.15) is 53.4 Å². The van der Waals surface area contributed by atoms with Crippen LogP contribution in [0.3, 0.4) is 0 Å². The van der Waals surface area contributed by atoms with Crippen molar-refractivity contribution >= 4 is 11.5 Å². The van der Waals surface area contributed by atoms with Gasteiger partial charge in [0.15, 0.2) is 5.78 Å². The van der Waals surface area contributed by atoms with Crippen molar-refractivity contribution < 1.29 is 18.7 Å². The van der Waals surface area contributed by atoms with E-state index in [1.54, 1.807) is 27.7 Å². The average molecular weight is 311 g/mol. The van der Waals surface area contributed by atoms with Gasteiger partial charge in [-0.1, -0.05) is 0 Å². The summed E-state index contributed by atoms with van der Waals surface area (Å²) in [5.74, 6) is -0.0866. The van der Waals surface area contributed by atoms with Gasteiger partial charge in [0, 0.05) is 11.1 Å². The molecule has 0 fully saturated rings. The van der Waals surface area contributed by atoms with Crippen molar-refractivity contribution in [2.24, 2.45) is 0 Å². The van der Waals surface area contributed by atoms with Gasteiger partial charge < -0.3 is 10.5 Å². The van der Waals surface area contributed by atoms with Crippen molar-refractivity contribution in [3.05, 3.63) is 34.4 Å². The summed E-state index contributed by atoms with van der Waals surface area (Å²) in [6, 6.07) is 0. The van der Waals surface area contributed by atoms with E-state index in [1.807, 2.05) is 0 Å². The van der Waals surface area contributed by atoms with E-state index in [4.69, 9.17) is 5.41 Å². The number of ketones is 1. The Hall–Kier alpha value is -1.62. The second kappa shape index (κ2) is 7.09. The Kier molecular flexibility index (Phi) is 5.94. The Bertz CT molecular complexity index is 579. The molecule has 0 aromatic rings. The summed E-state index contributed by atoms with van der Waals surface area (Å²) < 4.78 is 24.0. The van der Waals surface area contributed by atoms with Gasteiger partial charge in [-0.25, -0.2) is 0 Å². The molecule has 0 saturated carbocycles. The predicted molar refractivity (Wildman–Crippen MR) is 83.2 cm³/mol. The van der Waals surface area contributed by atoms with Gasteiger partial charge >= 0.3 is 0 Å². The quantitative estimate of drug-likeness (QED) is 0.717. The molecule has 0 aliphatic heterocycles. The van der Waals surface area contributed by atoms with Crippen LogP contribution in [0.2, 0.25) is 0 Å². The molecule has 0 bridgehead atoms. The van der Waals surface area contributed by atoms with Crippen molar-refractivity contribution in [3.63, 3.8) is 0 Å². The standard InChI is InChI=1S/C17H23F2NO2/c1-10-11(2)16(21)13(12(3)15(10)20)7-9-17(4,22)8-5-6-14(18)19/h6,20,22H,5,7-9H2,1-4H3/t17-/m1/s1. The van der Waals surface area contributed by atoms with Gasteiger partial charge in [-0.15, -0.1) is 0 Å². The van der Waals surface area contributed by atoms with Gasteiger partial charge in [-0.2, -0.15) is 8.78 Å². The first-order valence-corrected chi connectivity index (χ1v) is 7.31. The SMILES string of the molecule is CC1=C(C)C(=O)C(CC[C@](C)(O)CCC=C(F)F)=C(C)C1=N. The van der Waals surface area contributed by atoms with Crippen LogP contribution in [-0.4, -0.2) is 22.2 Å². The van der Waals surface area contributed by atoms with Gasteiger partial charge in [-0.3, -0.25) is 4.79 Å². The molecular weight excluding hydrogens is 288 g/mol. The number of Topliss-reactive ketones (excluding diaryl/α,β-unsaturated/α-hetero) is 1. The molecule has 0 heterocycles. The molecule has 0 unspecified atom stereocenters. The van der Waals surface area contributed by atoms with Gasteiger partial charge in [0.25, 0.3) is 6.08 Å². The number of hydrogen-bond acceptors (Lipinski definition) is 3. The van der Waals surface area contributed by atoms with E-state index in [0.717, 1.165) is 6.08 Å². The molecule has 1 aliphatic rings. The molecule has 2 N–H and O–H groups in total. The molecular formula is C17H23F2NO2. The van der Waals surface area contributed by atoms with Gasteiger partial charge in [-0.05, 0) is 70.6 Å². The molecule has 3 nitrogen and oxygen atoms in total. The lowest BCUT2D eigenvalue weighted by Gasteiger charge is -2.26. The number of nitrogens with one attached hydrogen (secondary N) is 1. The molecule has 0 spiro atoms. The van der Waals surface area contributed by atoms with E-state index in [0.29, 0.717) is 40.8 Å². The fourth-order valence-corrected chi connectivity index (χ4v) is 2.50. The fourth-order valence-electron chi connectivity index (χ4n) is 2.50. The molecule has 0 amide bonds. The first-order chi connectivity index (χ1) is 10.1. The summed E-state index contributed by atoms with van der Waals surface area (Å²) in [5.41, 5.74) is 1.66. The second-order valence-electron chi connectivity index (χ2n) is 6.09. The minimum Gasteiger partial charge on any atom is -0.390 e. The smallest absolute Gasteiger partial charge is 0.266 e. The number of halogens is 2. The zero-order valence-electron chi connectivity index (χ0n) is 13.5. The van der Waals surface area contributed by atoms with Crippen molar-refractivity contribution in [3.8, 4) is 0 Å². The van der Waals surface area contributed by atoms with Gasteiger partial charge in [0.2, 0.25) is 0 Å². The van der Waals surface area contributed by atoms with E-state index in [1.165, 1.54) is 0 Å². The van der Waals surface area contributed by atoms with Crippen molar-refractivity contribution in [2.45, 2.75) is 59.0 Å². The maximum atomic E-state index is 12.3. The third-order valence-corrected chi connectivity index (χ3v) is 4.27. The predicted octanol–water partition coefficient (Wildman–Crippen LogP) is 4.33. The van der Waals surface area contributed by atoms with E-state index < -0.39 is 11.7 Å². The summed E-state index contributed by atoms with van der Waals surface area (Å²) in [7, 11) is 0. The molecule has 0 aromatic carbocycles. The van der Waals surface area contributed by atoms with Crippen molar-refractivity contribution in [2.75, 3.05) is 0 Å². The summed E-state index contributed by atoms with van der Waals surface area (Å²) >= 11 is 0. The topological polar surface area (TPSA) is 61.1 Å². The average Bonchev–Trinajstić information content (AvgIpc) is 2.42. The first-order valence-electron chi connectivity index (χ1n) is 7.31. The lowest BCUT2D eigenvalue weighted by atomic mass is 9.81. The van der Waals surface area contributed by atoms with Crippen LogP contribution in [0.25, 0.3) is 0 Å². The highest BCUT2D eigenvalue weighted by molar-refractivity contribution is 6.25. The highest BCUT2D eigenvalue weighted by Crippen LogP contribution is 2.30. The largest absolute Gasteiger partial charge is 0.390 e. The minimum atomic E-state index is -1.75. The van der Waals surface area contributed by atoms with Gasteiger partial charge in [0.05, 0.1) is 11.3 Å². The molecule has 5 heteroatoms. The molecule has 0 radical (unpaired) electrons. The fraction of sp³-hybridized carbons (Fsp3) is 0.529. The van der Waals surface area contributed by atoms with Crippen LogP contribution in [0, 0.1) is 5.41 Å². The Balaban J connectivity index is 2.77. The van der Waals surface area contributed by atoms with Crippen LogP contribution in [0.4, 0.5) is 8.78 Å². The molecule has 1 atom stereocenters. The zero-order valence-corrected chi connectivity index (χ0v) is 13.5.